The van der Waals surface area contributed by atoms with Gasteiger partial charge in [0.15, 0.2) is 0 Å². The van der Waals surface area contributed by atoms with Crippen molar-refractivity contribution in [2.24, 2.45) is 0 Å². The highest BCUT2D eigenvalue weighted by molar-refractivity contribution is 6.50. The molecule has 1 aliphatic rings. The Morgan fingerprint density at radius 3 is 2.50 bits per heavy atom. The summed E-state index contributed by atoms with van der Waals surface area (Å²) in [6, 6.07) is 7.76. The first kappa shape index (κ1) is 7.56. The molecule has 12 heavy (non-hydrogen) atoms. The van der Waals surface area contributed by atoms with E-state index in [9.17, 15) is 0 Å². The lowest BCUT2D eigenvalue weighted by Crippen LogP contribution is -2.05. The highest BCUT2D eigenvalue weighted by atomic mass is 35.5. The van der Waals surface area contributed by atoms with Gasteiger partial charge < -0.3 is 5.41 Å². The van der Waals surface area contributed by atoms with Crippen LogP contribution in [0.5, 0.6) is 0 Å². The topological polar surface area (TPSA) is 23.9 Å². The molecular weight excluding hydrogens is 170 g/mol. The first-order valence-electron chi connectivity index (χ1n) is 3.82. The van der Waals surface area contributed by atoms with Gasteiger partial charge in [-0.25, -0.2) is 0 Å². The van der Waals surface area contributed by atoms with Crippen molar-refractivity contribution in [1.82, 2.24) is 0 Å². The van der Waals surface area contributed by atoms with E-state index >= 15 is 0 Å². The fourth-order valence-electron chi connectivity index (χ4n) is 1.37. The molecule has 1 aromatic carbocycles. The Labute approximate surface area is 76.2 Å². The van der Waals surface area contributed by atoms with Gasteiger partial charge in [-0.05, 0) is 0 Å². The van der Waals surface area contributed by atoms with Gasteiger partial charge in [0.2, 0.25) is 0 Å². The lowest BCUT2D eigenvalue weighted by atomic mass is 9.96. The standard InChI is InChI=1S/C10H8ClN/c11-9-5-6-10(12)8-4-2-1-3-7(8)9/h1-5,12H,6H2. The summed E-state index contributed by atoms with van der Waals surface area (Å²) in [6.07, 6.45) is 2.53. The second-order valence-corrected chi connectivity index (χ2v) is 3.19. The third-order valence-electron chi connectivity index (χ3n) is 1.99. The molecule has 0 atom stereocenters. The van der Waals surface area contributed by atoms with E-state index in [4.69, 9.17) is 17.0 Å². The van der Waals surface area contributed by atoms with Crippen molar-refractivity contribution in [2.45, 2.75) is 6.42 Å². The molecular formula is C10H8ClN. The number of hydrogen-bond donors (Lipinski definition) is 1. The molecule has 0 radical (unpaired) electrons. The molecule has 0 aliphatic heterocycles. The maximum absolute atomic E-state index is 7.66. The minimum atomic E-state index is 0.648. The molecule has 0 saturated heterocycles. The number of nitrogens with one attached hydrogen (secondary N) is 1. The van der Waals surface area contributed by atoms with E-state index in [0.29, 0.717) is 12.1 Å². The lowest BCUT2D eigenvalue weighted by Gasteiger charge is -2.13. The molecule has 2 heteroatoms. The predicted molar refractivity (Wildman–Crippen MR) is 51.7 cm³/mol. The monoisotopic (exact) mass is 177 g/mol. The van der Waals surface area contributed by atoms with Crippen molar-refractivity contribution in [1.29, 1.82) is 5.41 Å². The zero-order valence-corrected chi connectivity index (χ0v) is 7.23. The summed E-state index contributed by atoms with van der Waals surface area (Å²) in [5.41, 5.74) is 2.59. The highest BCUT2D eigenvalue weighted by Gasteiger charge is 2.13. The van der Waals surface area contributed by atoms with Crippen molar-refractivity contribution in [2.75, 3.05) is 0 Å². The molecule has 0 fully saturated rings. The van der Waals surface area contributed by atoms with Gasteiger partial charge in [0.25, 0.3) is 0 Å². The molecule has 0 saturated carbocycles. The van der Waals surface area contributed by atoms with Crippen LogP contribution in [0.4, 0.5) is 0 Å². The van der Waals surface area contributed by atoms with Crippen LogP contribution in [0.15, 0.2) is 30.3 Å². The summed E-state index contributed by atoms with van der Waals surface area (Å²) in [6.45, 7) is 0. The number of hydrogen-bond acceptors (Lipinski definition) is 1. The van der Waals surface area contributed by atoms with E-state index in [1.807, 2.05) is 30.3 Å². The van der Waals surface area contributed by atoms with Gasteiger partial charge in [-0.1, -0.05) is 41.9 Å². The second-order valence-electron chi connectivity index (χ2n) is 2.78. The van der Waals surface area contributed by atoms with Crippen molar-refractivity contribution in [3.8, 4) is 0 Å². The molecule has 1 N–H and O–H groups in total. The van der Waals surface area contributed by atoms with Crippen LogP contribution in [0, 0.1) is 5.41 Å². The second kappa shape index (κ2) is 2.76. The fraction of sp³-hybridized carbons (Fsp3) is 0.100. The van der Waals surface area contributed by atoms with Crippen molar-refractivity contribution in [3.63, 3.8) is 0 Å². The zero-order chi connectivity index (χ0) is 8.55. The van der Waals surface area contributed by atoms with E-state index in [-0.39, 0.29) is 0 Å². The molecule has 0 spiro atoms. The summed E-state index contributed by atoms with van der Waals surface area (Å²) in [5.74, 6) is 0. The summed E-state index contributed by atoms with van der Waals surface area (Å²) in [5, 5.41) is 8.42. The first-order valence-corrected chi connectivity index (χ1v) is 4.19. The number of allylic oxidation sites excluding steroid dienone is 1. The summed E-state index contributed by atoms with van der Waals surface area (Å²) < 4.78 is 0. The van der Waals surface area contributed by atoms with Crippen LogP contribution < -0.4 is 0 Å². The van der Waals surface area contributed by atoms with Gasteiger partial charge in [0, 0.05) is 28.3 Å². The smallest absolute Gasteiger partial charge is 0.0449 e. The normalized spacial score (nSPS) is 15.4. The van der Waals surface area contributed by atoms with Gasteiger partial charge in [-0.15, -0.1) is 0 Å². The third kappa shape index (κ3) is 1.07. The van der Waals surface area contributed by atoms with E-state index in [0.717, 1.165) is 16.2 Å². The Bertz CT molecular complexity index is 366. The summed E-state index contributed by atoms with van der Waals surface area (Å²) in [4.78, 5) is 0. The molecule has 0 bridgehead atoms. The Hall–Kier alpha value is -1.08. The van der Waals surface area contributed by atoms with Crippen LogP contribution >= 0.6 is 11.6 Å². The molecule has 2 rings (SSSR count). The van der Waals surface area contributed by atoms with Crippen LogP contribution in [0.1, 0.15) is 17.5 Å². The van der Waals surface area contributed by atoms with E-state index in [2.05, 4.69) is 0 Å². The van der Waals surface area contributed by atoms with Crippen molar-refractivity contribution in [3.05, 3.63) is 41.5 Å². The van der Waals surface area contributed by atoms with E-state index in [1.54, 1.807) is 0 Å². The molecule has 0 aromatic heterocycles. The number of fused-ring (bicyclic) bond motifs is 1. The minimum absolute atomic E-state index is 0.648. The molecule has 1 nitrogen and oxygen atoms in total. The zero-order valence-electron chi connectivity index (χ0n) is 6.47. The summed E-state index contributed by atoms with van der Waals surface area (Å²) >= 11 is 5.98. The maximum atomic E-state index is 7.66. The molecule has 1 aliphatic carbocycles. The van der Waals surface area contributed by atoms with Gasteiger partial charge in [0.05, 0.1) is 0 Å². The average Bonchev–Trinajstić information content (AvgIpc) is 2.12. The van der Waals surface area contributed by atoms with Crippen LogP contribution in [0.3, 0.4) is 0 Å². The average molecular weight is 178 g/mol. The van der Waals surface area contributed by atoms with Crippen LogP contribution in [-0.4, -0.2) is 5.71 Å². The molecule has 0 heterocycles. The summed E-state index contributed by atoms with van der Waals surface area (Å²) in [7, 11) is 0. The highest BCUT2D eigenvalue weighted by Crippen LogP contribution is 2.28. The van der Waals surface area contributed by atoms with Crippen molar-refractivity contribution < 1.29 is 0 Å². The maximum Gasteiger partial charge on any atom is 0.0449 e. The van der Waals surface area contributed by atoms with Gasteiger partial charge in [0.1, 0.15) is 0 Å². The molecule has 0 unspecified atom stereocenters. The fourth-order valence-corrected chi connectivity index (χ4v) is 1.61. The van der Waals surface area contributed by atoms with Gasteiger partial charge >= 0.3 is 0 Å². The Kier molecular flexibility index (Phi) is 1.74. The van der Waals surface area contributed by atoms with E-state index in [1.165, 1.54) is 0 Å². The predicted octanol–water partition coefficient (Wildman–Crippen LogP) is 3.04. The SMILES string of the molecule is N=C1CC=C(Cl)c2ccccc21. The van der Waals surface area contributed by atoms with Crippen molar-refractivity contribution >= 4 is 22.3 Å². The van der Waals surface area contributed by atoms with Crippen LogP contribution in [0.25, 0.3) is 5.03 Å². The lowest BCUT2D eigenvalue weighted by molar-refractivity contribution is 1.33. The van der Waals surface area contributed by atoms with E-state index < -0.39 is 0 Å². The quantitative estimate of drug-likeness (QED) is 0.630. The molecule has 60 valence electrons. The van der Waals surface area contributed by atoms with Crippen LogP contribution in [-0.2, 0) is 0 Å². The van der Waals surface area contributed by atoms with Crippen LogP contribution in [0.2, 0.25) is 0 Å². The Morgan fingerprint density at radius 1 is 1.17 bits per heavy atom. The van der Waals surface area contributed by atoms with Gasteiger partial charge in [-0.3, -0.25) is 0 Å². The molecule has 0 amide bonds. The largest absolute Gasteiger partial charge is 0.304 e. The Morgan fingerprint density at radius 2 is 1.83 bits per heavy atom. The third-order valence-corrected chi connectivity index (χ3v) is 2.35. The number of rotatable bonds is 0. The number of halogens is 1. The first-order chi connectivity index (χ1) is 5.79. The molecule has 1 aromatic rings. The Balaban J connectivity index is 2.66. The van der Waals surface area contributed by atoms with Gasteiger partial charge in [-0.2, -0.15) is 0 Å². The minimum Gasteiger partial charge on any atom is -0.304 e. The number of benzene rings is 1.